The SMILES string of the molecule is Nc1nc(C2CC2)c(N)s1. The molecule has 0 saturated heterocycles. The van der Waals surface area contributed by atoms with Gasteiger partial charge in [-0.25, -0.2) is 4.98 Å². The summed E-state index contributed by atoms with van der Waals surface area (Å²) in [6.07, 6.45) is 2.46. The van der Waals surface area contributed by atoms with Gasteiger partial charge in [0, 0.05) is 5.92 Å². The van der Waals surface area contributed by atoms with Gasteiger partial charge in [0.2, 0.25) is 0 Å². The van der Waals surface area contributed by atoms with E-state index in [1.807, 2.05) is 0 Å². The van der Waals surface area contributed by atoms with Crippen molar-refractivity contribution in [2.24, 2.45) is 0 Å². The molecule has 1 aliphatic carbocycles. The molecule has 4 N–H and O–H groups in total. The number of nitrogen functional groups attached to an aromatic ring is 2. The molecule has 3 nitrogen and oxygen atoms in total. The first-order valence-corrected chi connectivity index (χ1v) is 4.10. The number of thiazole rings is 1. The molecule has 0 bridgehead atoms. The van der Waals surface area contributed by atoms with Gasteiger partial charge >= 0.3 is 0 Å². The number of rotatable bonds is 1. The first-order chi connectivity index (χ1) is 4.77. The van der Waals surface area contributed by atoms with Crippen LogP contribution in [0.25, 0.3) is 0 Å². The molecule has 2 rings (SSSR count). The molecule has 1 aliphatic rings. The summed E-state index contributed by atoms with van der Waals surface area (Å²) in [4.78, 5) is 4.14. The Kier molecular flexibility index (Phi) is 1.11. The maximum absolute atomic E-state index is 5.66. The standard InChI is InChI=1S/C6H9N3S/c7-5-4(3-1-2-3)9-6(8)10-5/h3H,1-2,7H2,(H2,8,9). The first-order valence-electron chi connectivity index (χ1n) is 3.29. The summed E-state index contributed by atoms with van der Waals surface area (Å²) in [5.41, 5.74) is 12.2. The Balaban J connectivity index is 2.38. The largest absolute Gasteiger partial charge is 0.389 e. The normalized spacial score (nSPS) is 17.6. The van der Waals surface area contributed by atoms with E-state index in [-0.39, 0.29) is 0 Å². The van der Waals surface area contributed by atoms with Crippen molar-refractivity contribution in [3.8, 4) is 0 Å². The smallest absolute Gasteiger partial charge is 0.182 e. The fraction of sp³-hybridized carbons (Fsp3) is 0.500. The molecule has 0 aromatic carbocycles. The molecule has 0 spiro atoms. The molecule has 0 atom stereocenters. The van der Waals surface area contributed by atoms with Gasteiger partial charge in [0.1, 0.15) is 5.00 Å². The molecule has 0 radical (unpaired) electrons. The lowest BCUT2D eigenvalue weighted by Crippen LogP contribution is -1.88. The van der Waals surface area contributed by atoms with Gasteiger partial charge in [-0.1, -0.05) is 11.3 Å². The second-order valence-corrected chi connectivity index (χ2v) is 3.64. The third kappa shape index (κ3) is 0.844. The van der Waals surface area contributed by atoms with Crippen molar-refractivity contribution >= 4 is 21.5 Å². The van der Waals surface area contributed by atoms with Gasteiger partial charge in [-0.05, 0) is 12.8 Å². The van der Waals surface area contributed by atoms with Crippen LogP contribution in [0.4, 0.5) is 10.1 Å². The Morgan fingerprint density at radius 3 is 2.50 bits per heavy atom. The molecule has 0 amide bonds. The minimum absolute atomic E-state index is 0.597. The van der Waals surface area contributed by atoms with Gasteiger partial charge in [0.25, 0.3) is 0 Å². The highest BCUT2D eigenvalue weighted by Crippen LogP contribution is 2.44. The average molecular weight is 155 g/mol. The van der Waals surface area contributed by atoms with E-state index in [0.29, 0.717) is 11.0 Å². The van der Waals surface area contributed by atoms with Crippen molar-refractivity contribution in [3.05, 3.63) is 5.69 Å². The van der Waals surface area contributed by atoms with Gasteiger partial charge in [-0.3, -0.25) is 0 Å². The lowest BCUT2D eigenvalue weighted by atomic mass is 10.3. The summed E-state index contributed by atoms with van der Waals surface area (Å²) in [6, 6.07) is 0. The van der Waals surface area contributed by atoms with Gasteiger partial charge < -0.3 is 11.5 Å². The Hall–Kier alpha value is -0.770. The molecule has 1 aromatic rings. The van der Waals surface area contributed by atoms with Crippen molar-refractivity contribution in [3.63, 3.8) is 0 Å². The highest BCUT2D eigenvalue weighted by Gasteiger charge is 2.28. The molecule has 1 fully saturated rings. The fourth-order valence-electron chi connectivity index (χ4n) is 1.01. The third-order valence-corrected chi connectivity index (χ3v) is 2.39. The molecule has 4 heteroatoms. The maximum atomic E-state index is 5.66. The molecular formula is C6H9N3S. The Morgan fingerprint density at radius 1 is 1.40 bits per heavy atom. The molecule has 0 aliphatic heterocycles. The minimum Gasteiger partial charge on any atom is -0.389 e. The van der Waals surface area contributed by atoms with Crippen molar-refractivity contribution in [1.82, 2.24) is 4.98 Å². The highest BCUT2D eigenvalue weighted by atomic mass is 32.1. The summed E-state index contributed by atoms with van der Waals surface area (Å²) in [7, 11) is 0. The Bertz CT molecular complexity index is 251. The van der Waals surface area contributed by atoms with E-state index >= 15 is 0 Å². The highest BCUT2D eigenvalue weighted by molar-refractivity contribution is 7.19. The summed E-state index contributed by atoms with van der Waals surface area (Å²) >= 11 is 1.38. The molecule has 1 saturated carbocycles. The van der Waals surface area contributed by atoms with E-state index in [9.17, 15) is 0 Å². The van der Waals surface area contributed by atoms with Crippen molar-refractivity contribution in [1.29, 1.82) is 0 Å². The van der Waals surface area contributed by atoms with Crippen LogP contribution in [-0.2, 0) is 0 Å². The number of hydrogen-bond donors (Lipinski definition) is 2. The van der Waals surface area contributed by atoms with Crippen molar-refractivity contribution in [2.45, 2.75) is 18.8 Å². The van der Waals surface area contributed by atoms with Crippen LogP contribution >= 0.6 is 11.3 Å². The molecular weight excluding hydrogens is 146 g/mol. The summed E-state index contributed by atoms with van der Waals surface area (Å²) in [6.45, 7) is 0. The summed E-state index contributed by atoms with van der Waals surface area (Å²) in [5, 5.41) is 1.40. The van der Waals surface area contributed by atoms with Crippen LogP contribution < -0.4 is 11.5 Å². The lowest BCUT2D eigenvalue weighted by molar-refractivity contribution is 1.06. The topological polar surface area (TPSA) is 64.9 Å². The zero-order chi connectivity index (χ0) is 7.14. The predicted molar refractivity (Wildman–Crippen MR) is 42.9 cm³/mol. The third-order valence-electron chi connectivity index (χ3n) is 1.66. The second-order valence-electron chi connectivity index (χ2n) is 2.58. The molecule has 1 aromatic heterocycles. The van der Waals surface area contributed by atoms with Crippen LogP contribution in [0.2, 0.25) is 0 Å². The minimum atomic E-state index is 0.597. The average Bonchev–Trinajstić information content (AvgIpc) is 2.61. The van der Waals surface area contributed by atoms with E-state index in [2.05, 4.69) is 4.98 Å². The quantitative estimate of drug-likeness (QED) is 0.640. The van der Waals surface area contributed by atoms with Crippen LogP contribution in [-0.4, -0.2) is 4.98 Å². The van der Waals surface area contributed by atoms with E-state index in [0.717, 1.165) is 10.7 Å². The van der Waals surface area contributed by atoms with Crippen LogP contribution in [0.15, 0.2) is 0 Å². The molecule has 10 heavy (non-hydrogen) atoms. The molecule has 1 heterocycles. The zero-order valence-corrected chi connectivity index (χ0v) is 6.32. The van der Waals surface area contributed by atoms with E-state index in [1.54, 1.807) is 0 Å². The monoisotopic (exact) mass is 155 g/mol. The number of nitrogens with zero attached hydrogens (tertiary/aromatic N) is 1. The van der Waals surface area contributed by atoms with Crippen LogP contribution in [0.3, 0.4) is 0 Å². The summed E-state index contributed by atoms with van der Waals surface area (Å²) < 4.78 is 0. The maximum Gasteiger partial charge on any atom is 0.182 e. The Labute approximate surface area is 63.1 Å². The van der Waals surface area contributed by atoms with Gasteiger partial charge in [-0.2, -0.15) is 0 Å². The van der Waals surface area contributed by atoms with Crippen LogP contribution in [0, 0.1) is 0 Å². The zero-order valence-electron chi connectivity index (χ0n) is 5.50. The number of nitrogens with two attached hydrogens (primary N) is 2. The van der Waals surface area contributed by atoms with Gasteiger partial charge in [0.15, 0.2) is 5.13 Å². The fourth-order valence-corrected chi connectivity index (χ4v) is 1.70. The van der Waals surface area contributed by atoms with E-state index in [1.165, 1.54) is 24.2 Å². The predicted octanol–water partition coefficient (Wildman–Crippen LogP) is 1.18. The van der Waals surface area contributed by atoms with Crippen molar-refractivity contribution in [2.75, 3.05) is 11.5 Å². The van der Waals surface area contributed by atoms with Gasteiger partial charge in [-0.15, -0.1) is 0 Å². The van der Waals surface area contributed by atoms with E-state index < -0.39 is 0 Å². The summed E-state index contributed by atoms with van der Waals surface area (Å²) in [5.74, 6) is 0.619. The van der Waals surface area contributed by atoms with Gasteiger partial charge in [0.05, 0.1) is 5.69 Å². The number of anilines is 2. The first kappa shape index (κ1) is 5.97. The van der Waals surface area contributed by atoms with E-state index in [4.69, 9.17) is 11.5 Å². The lowest BCUT2D eigenvalue weighted by Gasteiger charge is -1.88. The van der Waals surface area contributed by atoms with Crippen LogP contribution in [0.5, 0.6) is 0 Å². The molecule has 0 unspecified atom stereocenters. The number of aromatic nitrogens is 1. The second kappa shape index (κ2) is 1.85. The van der Waals surface area contributed by atoms with Crippen LogP contribution in [0.1, 0.15) is 24.5 Å². The Morgan fingerprint density at radius 2 is 2.10 bits per heavy atom. The molecule has 54 valence electrons. The number of hydrogen-bond acceptors (Lipinski definition) is 4. The van der Waals surface area contributed by atoms with Crippen molar-refractivity contribution < 1.29 is 0 Å².